The lowest BCUT2D eigenvalue weighted by molar-refractivity contribution is 0.385. The molecule has 1 nitrogen and oxygen atoms in total. The Morgan fingerprint density at radius 1 is 0.919 bits per heavy atom. The van der Waals surface area contributed by atoms with Crippen molar-refractivity contribution in [1.29, 1.82) is 0 Å². The number of aliphatic imine (C=N–C) groups is 1. The van der Waals surface area contributed by atoms with Crippen LogP contribution in [0.3, 0.4) is 0 Å². The molecule has 1 fully saturated rings. The number of nitrogens with zero attached hydrogens (tertiary/aromatic N) is 1. The summed E-state index contributed by atoms with van der Waals surface area (Å²) in [6.07, 6.45) is 24.3. The summed E-state index contributed by atoms with van der Waals surface area (Å²) in [7, 11) is 0. The zero-order valence-corrected chi connectivity index (χ0v) is 25.9. The monoisotopic (exact) mass is 507 g/mol. The zero-order valence-electron chi connectivity index (χ0n) is 25.9. The molecule has 37 heavy (non-hydrogen) atoms. The molecule has 0 aromatic heterocycles. The molecule has 0 spiro atoms. The maximum atomic E-state index is 4.19. The average molecular weight is 508 g/mol. The second kappa shape index (κ2) is 26.9. The number of benzene rings is 1. The van der Waals surface area contributed by atoms with Crippen LogP contribution in [0, 0.1) is 19.8 Å². The summed E-state index contributed by atoms with van der Waals surface area (Å²) in [4.78, 5) is 4.19. The van der Waals surface area contributed by atoms with Gasteiger partial charge in [0, 0.05) is 6.21 Å². The SMILES string of the molecule is C=C(C1=CCN=C1)c1cc(C)ccc1C.C=CCCCC.C=CCCCCC.CC.CC1CCCCC1. The smallest absolute Gasteiger partial charge is 0.0580 e. The van der Waals surface area contributed by atoms with Crippen LogP contribution in [0.5, 0.6) is 0 Å². The summed E-state index contributed by atoms with van der Waals surface area (Å²) >= 11 is 0. The lowest BCUT2D eigenvalue weighted by Gasteiger charge is -2.15. The van der Waals surface area contributed by atoms with Crippen LogP contribution in [0.15, 0.2) is 66.7 Å². The van der Waals surface area contributed by atoms with Gasteiger partial charge in [0.1, 0.15) is 0 Å². The highest BCUT2D eigenvalue weighted by atomic mass is 14.7. The van der Waals surface area contributed by atoms with Gasteiger partial charge in [-0.2, -0.15) is 0 Å². The van der Waals surface area contributed by atoms with Gasteiger partial charge in [-0.25, -0.2) is 0 Å². The molecule has 3 rings (SSSR count). The highest BCUT2D eigenvalue weighted by Gasteiger charge is 2.09. The van der Waals surface area contributed by atoms with E-state index in [0.29, 0.717) is 0 Å². The summed E-state index contributed by atoms with van der Waals surface area (Å²) < 4.78 is 0. The third kappa shape index (κ3) is 20.6. The van der Waals surface area contributed by atoms with Gasteiger partial charge in [0.15, 0.2) is 0 Å². The van der Waals surface area contributed by atoms with E-state index in [-0.39, 0.29) is 0 Å². The Kier molecular flexibility index (Phi) is 26.9. The van der Waals surface area contributed by atoms with Gasteiger partial charge in [-0.3, -0.25) is 4.99 Å². The van der Waals surface area contributed by atoms with Crippen LogP contribution in [0.2, 0.25) is 0 Å². The van der Waals surface area contributed by atoms with Crippen molar-refractivity contribution in [2.75, 3.05) is 6.54 Å². The number of rotatable bonds is 9. The molecule has 0 radical (unpaired) electrons. The first-order valence-corrected chi connectivity index (χ1v) is 15.1. The van der Waals surface area contributed by atoms with Crippen molar-refractivity contribution >= 4 is 11.8 Å². The van der Waals surface area contributed by atoms with Crippen molar-refractivity contribution in [1.82, 2.24) is 0 Å². The van der Waals surface area contributed by atoms with Crippen LogP contribution in [-0.2, 0) is 0 Å². The minimum atomic E-state index is 0.791. The van der Waals surface area contributed by atoms with Gasteiger partial charge in [-0.1, -0.05) is 141 Å². The number of aryl methyl sites for hydroxylation is 2. The van der Waals surface area contributed by atoms with Crippen molar-refractivity contribution in [2.45, 2.75) is 126 Å². The van der Waals surface area contributed by atoms with Crippen molar-refractivity contribution < 1.29 is 0 Å². The highest BCUT2D eigenvalue weighted by molar-refractivity contribution is 6.01. The van der Waals surface area contributed by atoms with E-state index in [1.165, 1.54) is 93.7 Å². The Labute approximate surface area is 233 Å². The summed E-state index contributed by atoms with van der Waals surface area (Å²) in [5.74, 6) is 1.04. The van der Waals surface area contributed by atoms with Crippen LogP contribution in [0.25, 0.3) is 5.57 Å². The quantitative estimate of drug-likeness (QED) is 0.233. The van der Waals surface area contributed by atoms with Crippen molar-refractivity contribution in [3.05, 3.63) is 78.4 Å². The molecule has 1 aromatic rings. The van der Waals surface area contributed by atoms with E-state index < -0.39 is 0 Å². The normalized spacial score (nSPS) is 13.6. The first-order valence-electron chi connectivity index (χ1n) is 15.1. The average Bonchev–Trinajstić information content (AvgIpc) is 3.47. The van der Waals surface area contributed by atoms with Crippen LogP contribution < -0.4 is 0 Å². The maximum absolute atomic E-state index is 4.19. The fourth-order valence-electron chi connectivity index (χ4n) is 3.97. The summed E-state index contributed by atoms with van der Waals surface area (Å²) in [5, 5.41) is 0. The van der Waals surface area contributed by atoms with Gasteiger partial charge >= 0.3 is 0 Å². The molecule has 1 aromatic carbocycles. The first-order chi connectivity index (χ1) is 17.9. The van der Waals surface area contributed by atoms with E-state index >= 15 is 0 Å². The van der Waals surface area contributed by atoms with Gasteiger partial charge in [0.05, 0.1) is 6.54 Å². The summed E-state index contributed by atoms with van der Waals surface area (Å²) in [5.41, 5.74) is 6.01. The third-order valence-electron chi connectivity index (χ3n) is 6.38. The van der Waals surface area contributed by atoms with Crippen molar-refractivity contribution in [3.8, 4) is 0 Å². The Bertz CT molecular complexity index is 759. The topological polar surface area (TPSA) is 12.4 Å². The molecule has 1 heterocycles. The molecule has 1 saturated carbocycles. The second-order valence-corrected chi connectivity index (χ2v) is 9.91. The molecule has 1 aliphatic carbocycles. The number of allylic oxidation sites excluding steroid dienone is 4. The molecule has 210 valence electrons. The number of unbranched alkanes of at least 4 members (excludes halogenated alkanes) is 5. The van der Waals surface area contributed by atoms with Gasteiger partial charge in [-0.05, 0) is 61.3 Å². The fraction of sp³-hybridized carbons (Fsp3) is 0.583. The maximum Gasteiger partial charge on any atom is 0.0580 e. The van der Waals surface area contributed by atoms with E-state index in [1.807, 2.05) is 32.2 Å². The van der Waals surface area contributed by atoms with E-state index in [4.69, 9.17) is 0 Å². The Balaban J connectivity index is 0. The first kappa shape index (κ1) is 37.0. The predicted molar refractivity (Wildman–Crippen MR) is 174 cm³/mol. The van der Waals surface area contributed by atoms with Gasteiger partial charge in [0.25, 0.3) is 0 Å². The second-order valence-electron chi connectivity index (χ2n) is 9.91. The van der Waals surface area contributed by atoms with Crippen LogP contribution in [-0.4, -0.2) is 12.8 Å². The minimum absolute atomic E-state index is 0.791. The largest absolute Gasteiger partial charge is 0.288 e. The fourth-order valence-corrected chi connectivity index (χ4v) is 3.97. The van der Waals surface area contributed by atoms with E-state index in [0.717, 1.165) is 23.6 Å². The third-order valence-corrected chi connectivity index (χ3v) is 6.38. The van der Waals surface area contributed by atoms with E-state index in [9.17, 15) is 0 Å². The molecule has 0 bridgehead atoms. The molecule has 1 aliphatic heterocycles. The van der Waals surface area contributed by atoms with Crippen LogP contribution >= 0.6 is 0 Å². The van der Waals surface area contributed by atoms with Gasteiger partial charge in [0.2, 0.25) is 0 Å². The molecule has 0 N–H and O–H groups in total. The van der Waals surface area contributed by atoms with Gasteiger partial charge in [-0.15, -0.1) is 13.2 Å². The molecule has 0 amide bonds. The molecule has 0 unspecified atom stereocenters. The standard InChI is InChI=1S/C14H15N.2C7H14.C6H12.C2H6/c1-10-4-5-11(2)14(8-10)12(3)13-6-7-15-9-13;1-7-5-3-2-4-6-7;1-3-5-7-6-4-2;1-3-5-6-4-2;1-2/h4-6,8-9H,3,7H2,1-2H3;7H,2-6H2,1H3;3H,1,4-7H2,2H3;3H,1,4-6H2,2H3;1-2H3. The van der Waals surface area contributed by atoms with E-state index in [2.05, 4.69) is 83.6 Å². The highest BCUT2D eigenvalue weighted by Crippen LogP contribution is 2.25. The Hall–Kier alpha value is -2.15. The van der Waals surface area contributed by atoms with Crippen LogP contribution in [0.4, 0.5) is 0 Å². The molecular weight excluding hydrogens is 446 g/mol. The van der Waals surface area contributed by atoms with Crippen LogP contribution in [0.1, 0.15) is 128 Å². The summed E-state index contributed by atoms with van der Waals surface area (Å²) in [6.45, 7) is 27.1. The van der Waals surface area contributed by atoms with Gasteiger partial charge < -0.3 is 0 Å². The lowest BCUT2D eigenvalue weighted by atomic mass is 9.91. The molecule has 2 aliphatic rings. The molecule has 1 heteroatoms. The molecular formula is C36H61N. The predicted octanol–water partition coefficient (Wildman–Crippen LogP) is 12.1. The van der Waals surface area contributed by atoms with Crippen molar-refractivity contribution in [2.24, 2.45) is 10.9 Å². The molecule has 0 atom stereocenters. The lowest BCUT2D eigenvalue weighted by Crippen LogP contribution is -1.99. The zero-order chi connectivity index (χ0) is 28.3. The van der Waals surface area contributed by atoms with Crippen molar-refractivity contribution in [3.63, 3.8) is 0 Å². The summed E-state index contributed by atoms with van der Waals surface area (Å²) in [6, 6.07) is 6.45. The van der Waals surface area contributed by atoms with E-state index in [1.54, 1.807) is 0 Å². The minimum Gasteiger partial charge on any atom is -0.288 e. The Morgan fingerprint density at radius 3 is 1.95 bits per heavy atom. The molecule has 0 saturated heterocycles. The number of hydrogen-bond donors (Lipinski definition) is 0. The number of hydrogen-bond acceptors (Lipinski definition) is 1. The Morgan fingerprint density at radius 2 is 1.51 bits per heavy atom.